The highest BCUT2D eigenvalue weighted by molar-refractivity contribution is 5.79. The molecule has 1 heterocycles. The number of hydrogen-bond donors (Lipinski definition) is 0. The van der Waals surface area contributed by atoms with Crippen molar-refractivity contribution in [3.05, 3.63) is 75.9 Å². The fourth-order valence-corrected chi connectivity index (χ4v) is 3.00. The van der Waals surface area contributed by atoms with Gasteiger partial charge in [0.2, 0.25) is 17.6 Å². The minimum Gasteiger partial charge on any atom is -0.339 e. The van der Waals surface area contributed by atoms with Gasteiger partial charge < -0.3 is 9.42 Å². The highest BCUT2D eigenvalue weighted by Gasteiger charge is 2.19. The first-order valence-electron chi connectivity index (χ1n) is 9.45. The Morgan fingerprint density at radius 3 is 2.63 bits per heavy atom. The number of amides is 1. The standard InChI is InChI=1S/C21H21FN4O4/c1-14(2)25(20(27)12-15-6-8-17(22)9-7-15)11-10-19-23-21(24-30-19)16-4-3-5-18(13-16)26(28)29/h3-9,13-14H,10-12H2,1-2H3. The second-order valence-electron chi connectivity index (χ2n) is 7.05. The fourth-order valence-electron chi connectivity index (χ4n) is 3.00. The molecule has 30 heavy (non-hydrogen) atoms. The fraction of sp³-hybridized carbons (Fsp3) is 0.286. The van der Waals surface area contributed by atoms with Crippen LogP contribution in [-0.4, -0.2) is 38.5 Å². The molecule has 3 aromatic rings. The summed E-state index contributed by atoms with van der Waals surface area (Å²) in [4.78, 5) is 29.1. The van der Waals surface area contributed by atoms with E-state index in [2.05, 4.69) is 10.1 Å². The van der Waals surface area contributed by atoms with E-state index in [1.54, 1.807) is 29.2 Å². The zero-order valence-electron chi connectivity index (χ0n) is 16.6. The van der Waals surface area contributed by atoms with Crippen LogP contribution in [0.15, 0.2) is 53.1 Å². The largest absolute Gasteiger partial charge is 0.339 e. The average Bonchev–Trinajstić information content (AvgIpc) is 3.19. The van der Waals surface area contributed by atoms with Crippen molar-refractivity contribution in [2.75, 3.05) is 6.54 Å². The lowest BCUT2D eigenvalue weighted by Crippen LogP contribution is -2.39. The number of nitro groups is 1. The van der Waals surface area contributed by atoms with Gasteiger partial charge in [0.25, 0.3) is 5.69 Å². The Morgan fingerprint density at radius 2 is 1.97 bits per heavy atom. The Labute approximate surface area is 172 Å². The molecule has 0 bridgehead atoms. The van der Waals surface area contributed by atoms with Crippen LogP contribution in [0.4, 0.5) is 10.1 Å². The van der Waals surface area contributed by atoms with Gasteiger partial charge in [0.05, 0.1) is 11.3 Å². The quantitative estimate of drug-likeness (QED) is 0.412. The minimum atomic E-state index is -0.488. The van der Waals surface area contributed by atoms with E-state index in [0.717, 1.165) is 5.56 Å². The number of benzene rings is 2. The molecule has 0 aliphatic carbocycles. The molecule has 0 saturated heterocycles. The second kappa shape index (κ2) is 9.25. The second-order valence-corrected chi connectivity index (χ2v) is 7.05. The van der Waals surface area contributed by atoms with Gasteiger partial charge in [-0.3, -0.25) is 14.9 Å². The highest BCUT2D eigenvalue weighted by Crippen LogP contribution is 2.21. The van der Waals surface area contributed by atoms with Gasteiger partial charge in [0, 0.05) is 36.7 Å². The zero-order valence-corrected chi connectivity index (χ0v) is 16.6. The molecule has 0 aliphatic rings. The van der Waals surface area contributed by atoms with Crippen LogP contribution in [-0.2, 0) is 17.6 Å². The molecule has 1 amide bonds. The van der Waals surface area contributed by atoms with Gasteiger partial charge in [-0.05, 0) is 31.5 Å². The topological polar surface area (TPSA) is 102 Å². The molecule has 3 rings (SSSR count). The third kappa shape index (κ3) is 5.25. The number of carbonyl (C=O) groups excluding carboxylic acids is 1. The van der Waals surface area contributed by atoms with Crippen molar-refractivity contribution in [1.82, 2.24) is 15.0 Å². The lowest BCUT2D eigenvalue weighted by molar-refractivity contribution is -0.384. The van der Waals surface area contributed by atoms with E-state index < -0.39 is 4.92 Å². The number of nitrogens with zero attached hydrogens (tertiary/aromatic N) is 4. The molecule has 9 heteroatoms. The number of nitro benzene ring substituents is 1. The van der Waals surface area contributed by atoms with Crippen molar-refractivity contribution in [2.24, 2.45) is 0 Å². The van der Waals surface area contributed by atoms with Crippen molar-refractivity contribution in [2.45, 2.75) is 32.7 Å². The molecule has 8 nitrogen and oxygen atoms in total. The van der Waals surface area contributed by atoms with Gasteiger partial charge in [-0.2, -0.15) is 4.98 Å². The maximum Gasteiger partial charge on any atom is 0.270 e. The van der Waals surface area contributed by atoms with Crippen molar-refractivity contribution in [1.29, 1.82) is 0 Å². The monoisotopic (exact) mass is 412 g/mol. The van der Waals surface area contributed by atoms with Crippen LogP contribution in [0, 0.1) is 15.9 Å². The number of carbonyl (C=O) groups is 1. The Morgan fingerprint density at radius 1 is 1.23 bits per heavy atom. The van der Waals surface area contributed by atoms with E-state index in [4.69, 9.17) is 4.52 Å². The molecule has 0 spiro atoms. The van der Waals surface area contributed by atoms with Crippen molar-refractivity contribution in [3.63, 3.8) is 0 Å². The summed E-state index contributed by atoms with van der Waals surface area (Å²) in [6.45, 7) is 4.18. The van der Waals surface area contributed by atoms with Gasteiger partial charge in [-0.15, -0.1) is 0 Å². The maximum absolute atomic E-state index is 13.1. The van der Waals surface area contributed by atoms with Crippen LogP contribution in [0.1, 0.15) is 25.3 Å². The number of rotatable bonds is 8. The molecule has 1 aromatic heterocycles. The van der Waals surface area contributed by atoms with Crippen LogP contribution in [0.2, 0.25) is 0 Å². The predicted octanol–water partition coefficient (Wildman–Crippen LogP) is 3.81. The average molecular weight is 412 g/mol. The van der Waals surface area contributed by atoms with E-state index in [0.29, 0.717) is 24.4 Å². The summed E-state index contributed by atoms with van der Waals surface area (Å²) in [5.41, 5.74) is 1.15. The van der Waals surface area contributed by atoms with Crippen LogP contribution in [0.3, 0.4) is 0 Å². The van der Waals surface area contributed by atoms with Gasteiger partial charge >= 0.3 is 0 Å². The summed E-state index contributed by atoms with van der Waals surface area (Å²) in [6.07, 6.45) is 0.510. The molecule has 0 atom stereocenters. The smallest absolute Gasteiger partial charge is 0.270 e. The molecule has 0 unspecified atom stereocenters. The Balaban J connectivity index is 1.65. The molecule has 156 valence electrons. The van der Waals surface area contributed by atoms with Crippen LogP contribution >= 0.6 is 0 Å². The number of halogens is 1. The summed E-state index contributed by atoms with van der Waals surface area (Å²) in [5.74, 6) is 0.150. The van der Waals surface area contributed by atoms with Gasteiger partial charge in [0.15, 0.2) is 0 Å². The maximum atomic E-state index is 13.1. The highest BCUT2D eigenvalue weighted by atomic mass is 19.1. The third-order valence-electron chi connectivity index (χ3n) is 4.56. The van der Waals surface area contributed by atoms with E-state index in [1.807, 2.05) is 13.8 Å². The lowest BCUT2D eigenvalue weighted by atomic mass is 10.1. The number of hydrogen-bond acceptors (Lipinski definition) is 6. The van der Waals surface area contributed by atoms with Crippen LogP contribution in [0.25, 0.3) is 11.4 Å². The van der Waals surface area contributed by atoms with Crippen LogP contribution < -0.4 is 0 Å². The van der Waals surface area contributed by atoms with E-state index in [9.17, 15) is 19.3 Å². The zero-order chi connectivity index (χ0) is 21.7. The molecule has 0 saturated carbocycles. The Hall–Kier alpha value is -3.62. The Bertz CT molecular complexity index is 1030. The molecular formula is C21H21FN4O4. The van der Waals surface area contributed by atoms with E-state index in [1.165, 1.54) is 24.3 Å². The third-order valence-corrected chi connectivity index (χ3v) is 4.56. The molecule has 0 N–H and O–H groups in total. The summed E-state index contributed by atoms with van der Waals surface area (Å²) in [6, 6.07) is 11.8. The van der Waals surface area contributed by atoms with E-state index >= 15 is 0 Å². The first kappa shape index (κ1) is 21.1. The summed E-state index contributed by atoms with van der Waals surface area (Å²) in [5, 5.41) is 14.8. The number of aromatic nitrogens is 2. The molecular weight excluding hydrogens is 391 g/mol. The molecule has 0 aliphatic heterocycles. The van der Waals surface area contributed by atoms with Gasteiger partial charge in [0.1, 0.15) is 5.82 Å². The van der Waals surface area contributed by atoms with Crippen molar-refractivity contribution in [3.8, 4) is 11.4 Å². The Kier molecular flexibility index (Phi) is 6.51. The summed E-state index contributed by atoms with van der Waals surface area (Å²) >= 11 is 0. The predicted molar refractivity (Wildman–Crippen MR) is 107 cm³/mol. The van der Waals surface area contributed by atoms with Crippen molar-refractivity contribution >= 4 is 11.6 Å². The minimum absolute atomic E-state index is 0.0443. The molecule has 0 radical (unpaired) electrons. The van der Waals surface area contributed by atoms with Crippen molar-refractivity contribution < 1.29 is 18.6 Å². The SMILES string of the molecule is CC(C)N(CCc1nc(-c2cccc([N+](=O)[O-])c2)no1)C(=O)Cc1ccc(F)cc1. The first-order chi connectivity index (χ1) is 14.3. The first-order valence-corrected chi connectivity index (χ1v) is 9.45. The molecule has 2 aromatic carbocycles. The normalized spacial score (nSPS) is 10.9. The van der Waals surface area contributed by atoms with Crippen LogP contribution in [0.5, 0.6) is 0 Å². The van der Waals surface area contributed by atoms with Gasteiger partial charge in [-0.1, -0.05) is 29.4 Å². The van der Waals surface area contributed by atoms with E-state index in [-0.39, 0.29) is 35.7 Å². The summed E-state index contributed by atoms with van der Waals surface area (Å²) < 4.78 is 18.3. The van der Waals surface area contributed by atoms with Gasteiger partial charge in [-0.25, -0.2) is 4.39 Å². The lowest BCUT2D eigenvalue weighted by Gasteiger charge is -2.26. The molecule has 0 fully saturated rings. The number of non-ortho nitro benzene ring substituents is 1. The summed E-state index contributed by atoms with van der Waals surface area (Å²) in [7, 11) is 0.